The summed E-state index contributed by atoms with van der Waals surface area (Å²) in [5.41, 5.74) is 3.70. The first-order valence-electron chi connectivity index (χ1n) is 12.1. The van der Waals surface area contributed by atoms with Gasteiger partial charge in [0.15, 0.2) is 0 Å². The van der Waals surface area contributed by atoms with E-state index < -0.39 is 29.7 Å². The fourth-order valence-electron chi connectivity index (χ4n) is 4.49. The molecule has 0 spiro atoms. The molecule has 0 bridgehead atoms. The first-order valence-corrected chi connectivity index (χ1v) is 12.1. The van der Waals surface area contributed by atoms with E-state index in [9.17, 15) is 19.5 Å². The van der Waals surface area contributed by atoms with Crippen LogP contribution in [0.1, 0.15) is 51.7 Å². The lowest BCUT2D eigenvalue weighted by atomic mass is 9.98. The van der Waals surface area contributed by atoms with E-state index in [1.165, 1.54) is 0 Å². The number of amides is 1. The molecule has 0 heterocycles. The van der Waals surface area contributed by atoms with Gasteiger partial charge in [-0.15, -0.1) is 0 Å². The first-order chi connectivity index (χ1) is 17.0. The number of rotatable bonds is 10. The highest BCUT2D eigenvalue weighted by molar-refractivity contribution is 5.81. The minimum Gasteiger partial charge on any atom is -0.480 e. The number of carboxylic acid groups (broad SMARTS) is 1. The fourth-order valence-corrected chi connectivity index (χ4v) is 4.49. The number of ether oxygens (including phenoxy) is 3. The van der Waals surface area contributed by atoms with E-state index in [0.717, 1.165) is 27.2 Å². The summed E-state index contributed by atoms with van der Waals surface area (Å²) in [6.07, 6.45) is -0.737. The minimum atomic E-state index is -1.13. The lowest BCUT2D eigenvalue weighted by molar-refractivity contribution is -0.160. The van der Waals surface area contributed by atoms with Gasteiger partial charge in [-0.1, -0.05) is 62.4 Å². The highest BCUT2D eigenvalue weighted by Gasteiger charge is 2.35. The van der Waals surface area contributed by atoms with Crippen molar-refractivity contribution in [3.63, 3.8) is 0 Å². The Morgan fingerprint density at radius 3 is 2.03 bits per heavy atom. The highest BCUT2D eigenvalue weighted by atomic mass is 16.6. The molecule has 8 nitrogen and oxygen atoms in total. The van der Waals surface area contributed by atoms with Crippen molar-refractivity contribution in [2.75, 3.05) is 26.4 Å². The topological polar surface area (TPSA) is 102 Å². The molecule has 1 atom stereocenters. The number of aliphatic carboxylic acids is 1. The van der Waals surface area contributed by atoms with Crippen molar-refractivity contribution < 1.29 is 33.7 Å². The van der Waals surface area contributed by atoms with Gasteiger partial charge in [0.1, 0.15) is 24.9 Å². The molecule has 0 fully saturated rings. The maximum atomic E-state index is 13.2. The van der Waals surface area contributed by atoms with Gasteiger partial charge < -0.3 is 19.3 Å². The van der Waals surface area contributed by atoms with Crippen LogP contribution in [0.2, 0.25) is 0 Å². The fraction of sp³-hybridized carbons (Fsp3) is 0.464. The van der Waals surface area contributed by atoms with Gasteiger partial charge in [0.25, 0.3) is 0 Å². The zero-order chi connectivity index (χ0) is 26.5. The Hall–Kier alpha value is -3.39. The van der Waals surface area contributed by atoms with Crippen LogP contribution >= 0.6 is 0 Å². The molecule has 2 aromatic carbocycles. The highest BCUT2D eigenvalue weighted by Crippen LogP contribution is 2.44. The first kappa shape index (κ1) is 27.2. The second-order valence-corrected chi connectivity index (χ2v) is 10.2. The van der Waals surface area contributed by atoms with Crippen molar-refractivity contribution in [1.29, 1.82) is 0 Å². The number of carbonyl (C=O) groups excluding carboxylic acids is 2. The molecule has 0 saturated heterocycles. The van der Waals surface area contributed by atoms with E-state index >= 15 is 0 Å². The molecule has 0 aromatic heterocycles. The molecule has 0 unspecified atom stereocenters. The summed E-state index contributed by atoms with van der Waals surface area (Å²) < 4.78 is 16.3. The van der Waals surface area contributed by atoms with E-state index in [1.54, 1.807) is 34.6 Å². The monoisotopic (exact) mass is 497 g/mol. The minimum absolute atomic E-state index is 0.0417. The van der Waals surface area contributed by atoms with Gasteiger partial charge in [0.05, 0.1) is 6.61 Å². The van der Waals surface area contributed by atoms with Crippen molar-refractivity contribution >= 4 is 18.0 Å². The van der Waals surface area contributed by atoms with E-state index in [0.29, 0.717) is 0 Å². The van der Waals surface area contributed by atoms with E-state index in [1.807, 2.05) is 48.5 Å². The molecule has 0 saturated carbocycles. The molecule has 1 amide bonds. The van der Waals surface area contributed by atoms with Gasteiger partial charge in [-0.3, -0.25) is 4.90 Å². The van der Waals surface area contributed by atoms with E-state index in [2.05, 4.69) is 0 Å². The molecule has 1 N–H and O–H groups in total. The number of nitrogens with zero attached hydrogens (tertiary/aromatic N) is 1. The Morgan fingerprint density at radius 2 is 1.53 bits per heavy atom. The molecular formula is C28H35NO7. The zero-order valence-corrected chi connectivity index (χ0v) is 21.5. The second kappa shape index (κ2) is 11.6. The molecule has 1 aliphatic carbocycles. The summed E-state index contributed by atoms with van der Waals surface area (Å²) in [6, 6.07) is 14.9. The third-order valence-corrected chi connectivity index (χ3v) is 5.91. The standard InChI is InChI=1S/C28H35NO7/c1-18(2)25(26(31)32)29(14-15-34-17-24(30)36-28(3,4)5)27(33)35-16-23-21-12-8-6-10-19(21)20-11-7-9-13-22(20)23/h6-13,18,23,25H,14-17H2,1-5H3,(H,31,32)/t25-/m0/s1. The number of fused-ring (bicyclic) bond motifs is 3. The largest absolute Gasteiger partial charge is 0.480 e. The molecule has 8 heteroatoms. The van der Waals surface area contributed by atoms with Crippen LogP contribution in [0.3, 0.4) is 0 Å². The average Bonchev–Trinajstić information content (AvgIpc) is 3.11. The summed E-state index contributed by atoms with van der Waals surface area (Å²) in [4.78, 5) is 38.2. The zero-order valence-electron chi connectivity index (χ0n) is 21.5. The van der Waals surface area contributed by atoms with Crippen molar-refractivity contribution in [2.45, 2.75) is 52.2 Å². The number of hydrogen-bond acceptors (Lipinski definition) is 6. The average molecular weight is 498 g/mol. The Labute approximate surface area is 212 Å². The summed E-state index contributed by atoms with van der Waals surface area (Å²) in [7, 11) is 0. The number of hydrogen-bond donors (Lipinski definition) is 1. The molecule has 0 radical (unpaired) electrons. The maximum absolute atomic E-state index is 13.2. The van der Waals surface area contributed by atoms with Crippen molar-refractivity contribution in [3.8, 4) is 11.1 Å². The summed E-state index contributed by atoms with van der Waals surface area (Å²) in [5, 5.41) is 9.81. The van der Waals surface area contributed by atoms with Crippen molar-refractivity contribution in [1.82, 2.24) is 4.90 Å². The Kier molecular flexibility index (Phi) is 8.74. The van der Waals surface area contributed by atoms with Crippen LogP contribution in [0.25, 0.3) is 11.1 Å². The molecule has 2 aromatic rings. The molecule has 194 valence electrons. The van der Waals surface area contributed by atoms with Crippen LogP contribution in [0.15, 0.2) is 48.5 Å². The van der Waals surface area contributed by atoms with Gasteiger partial charge in [-0.2, -0.15) is 0 Å². The quantitative estimate of drug-likeness (QED) is 0.375. The Morgan fingerprint density at radius 1 is 0.972 bits per heavy atom. The number of esters is 1. The lowest BCUT2D eigenvalue weighted by Gasteiger charge is -2.31. The third kappa shape index (κ3) is 6.63. The number of carbonyl (C=O) groups is 3. The summed E-state index contributed by atoms with van der Waals surface area (Å²) in [6.45, 7) is 8.40. The van der Waals surface area contributed by atoms with E-state index in [-0.39, 0.29) is 38.2 Å². The van der Waals surface area contributed by atoms with Gasteiger partial charge >= 0.3 is 18.0 Å². The summed E-state index contributed by atoms with van der Waals surface area (Å²) in [5.74, 6) is -2.18. The van der Waals surface area contributed by atoms with Crippen LogP contribution in [0.5, 0.6) is 0 Å². The Balaban J connectivity index is 1.69. The summed E-state index contributed by atoms with van der Waals surface area (Å²) >= 11 is 0. The van der Waals surface area contributed by atoms with Crippen LogP contribution in [0.4, 0.5) is 4.79 Å². The van der Waals surface area contributed by atoms with Crippen LogP contribution < -0.4 is 0 Å². The van der Waals surface area contributed by atoms with Gasteiger partial charge in [0.2, 0.25) is 0 Å². The predicted octanol–water partition coefficient (Wildman–Crippen LogP) is 4.71. The van der Waals surface area contributed by atoms with Gasteiger partial charge in [-0.25, -0.2) is 14.4 Å². The van der Waals surface area contributed by atoms with Crippen molar-refractivity contribution in [3.05, 3.63) is 59.7 Å². The molecule has 0 aliphatic heterocycles. The molecular weight excluding hydrogens is 462 g/mol. The van der Waals surface area contributed by atoms with E-state index in [4.69, 9.17) is 14.2 Å². The smallest absolute Gasteiger partial charge is 0.410 e. The molecule has 36 heavy (non-hydrogen) atoms. The van der Waals surface area contributed by atoms with Gasteiger partial charge in [-0.05, 0) is 48.9 Å². The normalized spacial score (nSPS) is 13.6. The molecule has 1 aliphatic rings. The lowest BCUT2D eigenvalue weighted by Crippen LogP contribution is -2.50. The third-order valence-electron chi connectivity index (χ3n) is 5.91. The predicted molar refractivity (Wildman–Crippen MR) is 135 cm³/mol. The maximum Gasteiger partial charge on any atom is 0.410 e. The molecule has 3 rings (SSSR count). The number of benzene rings is 2. The van der Waals surface area contributed by atoms with Crippen LogP contribution in [-0.2, 0) is 23.8 Å². The van der Waals surface area contributed by atoms with Crippen LogP contribution in [-0.4, -0.2) is 66.0 Å². The van der Waals surface area contributed by atoms with Crippen LogP contribution in [0, 0.1) is 5.92 Å². The Bertz CT molecular complexity index is 1040. The van der Waals surface area contributed by atoms with Crippen molar-refractivity contribution in [2.24, 2.45) is 5.92 Å². The second-order valence-electron chi connectivity index (χ2n) is 10.2. The number of carboxylic acids is 1. The van der Waals surface area contributed by atoms with Gasteiger partial charge in [0, 0.05) is 12.5 Å². The SMILES string of the molecule is CC(C)[C@@H](C(=O)O)N(CCOCC(=O)OC(C)(C)C)C(=O)OCC1c2ccccc2-c2ccccc21.